The second-order valence-corrected chi connectivity index (χ2v) is 5.64. The van der Waals surface area contributed by atoms with Gasteiger partial charge >= 0.3 is 0 Å². The van der Waals surface area contributed by atoms with Gasteiger partial charge < -0.3 is 10.0 Å². The Hall–Kier alpha value is -1.69. The van der Waals surface area contributed by atoms with E-state index in [1.165, 1.54) is 10.7 Å². The Kier molecular flexibility index (Phi) is 3.56. The molecule has 0 radical (unpaired) electrons. The summed E-state index contributed by atoms with van der Waals surface area (Å²) in [6, 6.07) is 3.26. The monoisotopic (exact) mass is 277 g/mol. The van der Waals surface area contributed by atoms with Gasteiger partial charge in [0.25, 0.3) is 5.56 Å². The summed E-state index contributed by atoms with van der Waals surface area (Å²) >= 11 is 0. The van der Waals surface area contributed by atoms with Crippen LogP contribution in [-0.4, -0.2) is 44.9 Å². The highest BCUT2D eigenvalue weighted by Gasteiger charge is 2.26. The first-order valence-electron chi connectivity index (χ1n) is 7.17. The molecule has 2 fully saturated rings. The van der Waals surface area contributed by atoms with E-state index < -0.39 is 0 Å². The number of aliphatic hydroxyl groups excluding tert-OH is 1. The van der Waals surface area contributed by atoms with E-state index in [1.54, 1.807) is 11.0 Å². The predicted octanol–water partition coefficient (Wildman–Crippen LogP) is 0.104. The number of nitrogens with zero attached hydrogens (tertiary/aromatic N) is 3. The van der Waals surface area contributed by atoms with Crippen molar-refractivity contribution in [2.24, 2.45) is 0 Å². The van der Waals surface area contributed by atoms with E-state index in [-0.39, 0.29) is 24.1 Å². The molecule has 1 aliphatic carbocycles. The summed E-state index contributed by atoms with van der Waals surface area (Å²) in [6.07, 6.45) is 3.14. The van der Waals surface area contributed by atoms with E-state index in [0.717, 1.165) is 18.5 Å². The molecule has 1 aliphatic heterocycles. The summed E-state index contributed by atoms with van der Waals surface area (Å²) in [6.45, 7) is 1.10. The molecule has 6 nitrogen and oxygen atoms in total. The fourth-order valence-electron chi connectivity index (χ4n) is 2.52. The summed E-state index contributed by atoms with van der Waals surface area (Å²) < 4.78 is 1.26. The average molecular weight is 277 g/mol. The summed E-state index contributed by atoms with van der Waals surface area (Å²) in [5, 5.41) is 13.7. The van der Waals surface area contributed by atoms with Gasteiger partial charge in [-0.15, -0.1) is 0 Å². The van der Waals surface area contributed by atoms with E-state index >= 15 is 0 Å². The zero-order chi connectivity index (χ0) is 14.1. The molecule has 1 aromatic heterocycles. The summed E-state index contributed by atoms with van der Waals surface area (Å²) in [5.74, 6) is 0.363. The molecule has 2 heterocycles. The highest BCUT2D eigenvalue weighted by atomic mass is 16.3. The molecule has 0 bridgehead atoms. The van der Waals surface area contributed by atoms with Gasteiger partial charge in [-0.3, -0.25) is 9.59 Å². The number of piperidine rings is 1. The minimum Gasteiger partial charge on any atom is -0.393 e. The van der Waals surface area contributed by atoms with Gasteiger partial charge in [0.2, 0.25) is 5.91 Å². The molecule has 3 rings (SSSR count). The van der Waals surface area contributed by atoms with Crippen LogP contribution in [0.2, 0.25) is 0 Å². The Morgan fingerprint density at radius 3 is 2.60 bits per heavy atom. The molecule has 0 aromatic carbocycles. The van der Waals surface area contributed by atoms with E-state index in [0.29, 0.717) is 31.8 Å². The van der Waals surface area contributed by atoms with Gasteiger partial charge in [0.05, 0.1) is 11.8 Å². The molecule has 6 heteroatoms. The predicted molar refractivity (Wildman–Crippen MR) is 72.3 cm³/mol. The van der Waals surface area contributed by atoms with Crippen LogP contribution in [-0.2, 0) is 11.3 Å². The summed E-state index contributed by atoms with van der Waals surface area (Å²) in [5.41, 5.74) is 0.672. The van der Waals surface area contributed by atoms with Crippen LogP contribution in [0.25, 0.3) is 0 Å². The van der Waals surface area contributed by atoms with Crippen molar-refractivity contribution in [3.05, 3.63) is 28.2 Å². The fraction of sp³-hybridized carbons (Fsp3) is 0.643. The van der Waals surface area contributed by atoms with E-state index in [2.05, 4.69) is 5.10 Å². The van der Waals surface area contributed by atoms with Crippen LogP contribution >= 0.6 is 0 Å². The van der Waals surface area contributed by atoms with Crippen molar-refractivity contribution in [3.63, 3.8) is 0 Å². The molecule has 0 spiro atoms. The number of carbonyl (C=O) groups excluding carboxylic acids is 1. The molecule has 1 saturated carbocycles. The van der Waals surface area contributed by atoms with E-state index in [9.17, 15) is 14.7 Å². The van der Waals surface area contributed by atoms with Crippen LogP contribution in [0.1, 0.15) is 37.3 Å². The van der Waals surface area contributed by atoms with E-state index in [1.807, 2.05) is 0 Å². The molecule has 0 atom stereocenters. The van der Waals surface area contributed by atoms with Crippen LogP contribution < -0.4 is 5.56 Å². The topological polar surface area (TPSA) is 75.4 Å². The lowest BCUT2D eigenvalue weighted by Gasteiger charge is -2.29. The first kappa shape index (κ1) is 13.3. The van der Waals surface area contributed by atoms with Crippen LogP contribution in [0, 0.1) is 0 Å². The van der Waals surface area contributed by atoms with Crippen molar-refractivity contribution in [2.45, 2.75) is 44.2 Å². The lowest BCUT2D eigenvalue weighted by atomic mass is 10.1. The summed E-state index contributed by atoms with van der Waals surface area (Å²) in [7, 11) is 0. The first-order valence-corrected chi connectivity index (χ1v) is 7.17. The third-order valence-electron chi connectivity index (χ3n) is 3.99. The Bertz CT molecular complexity index is 557. The van der Waals surface area contributed by atoms with Gasteiger partial charge in [-0.05, 0) is 31.7 Å². The highest BCUT2D eigenvalue weighted by Crippen LogP contribution is 2.38. The largest absolute Gasteiger partial charge is 0.393 e. The average Bonchev–Trinajstić information content (AvgIpc) is 3.26. The second-order valence-electron chi connectivity index (χ2n) is 5.64. The molecule has 1 aromatic rings. The second kappa shape index (κ2) is 5.36. The Balaban J connectivity index is 1.69. The standard InChI is InChI=1S/C14H19N3O3/c18-11-5-7-16(8-6-11)14(20)9-17-13(19)4-3-12(15-17)10-1-2-10/h3-4,10-11,18H,1-2,5-9H2. The zero-order valence-electron chi connectivity index (χ0n) is 11.4. The quantitative estimate of drug-likeness (QED) is 0.850. The Morgan fingerprint density at radius 1 is 1.25 bits per heavy atom. The number of hydrogen-bond acceptors (Lipinski definition) is 4. The van der Waals surface area contributed by atoms with Crippen molar-refractivity contribution < 1.29 is 9.90 Å². The van der Waals surface area contributed by atoms with Gasteiger partial charge in [0, 0.05) is 25.1 Å². The SMILES string of the molecule is O=C(Cn1nc(C2CC2)ccc1=O)N1CCC(O)CC1. The third kappa shape index (κ3) is 2.90. The molecule has 1 amide bonds. The molecular weight excluding hydrogens is 258 g/mol. The van der Waals surface area contributed by atoms with Crippen LogP contribution in [0.4, 0.5) is 0 Å². The molecule has 2 aliphatic rings. The van der Waals surface area contributed by atoms with Gasteiger partial charge in [-0.1, -0.05) is 0 Å². The molecule has 20 heavy (non-hydrogen) atoms. The van der Waals surface area contributed by atoms with Crippen LogP contribution in [0.15, 0.2) is 16.9 Å². The number of hydrogen-bond donors (Lipinski definition) is 1. The maximum atomic E-state index is 12.2. The van der Waals surface area contributed by atoms with Gasteiger partial charge in [0.15, 0.2) is 0 Å². The van der Waals surface area contributed by atoms with Gasteiger partial charge in [-0.2, -0.15) is 5.10 Å². The van der Waals surface area contributed by atoms with Gasteiger partial charge in [-0.25, -0.2) is 4.68 Å². The molecule has 1 N–H and O–H groups in total. The van der Waals surface area contributed by atoms with Gasteiger partial charge in [0.1, 0.15) is 6.54 Å². The molecule has 0 unspecified atom stereocenters. The third-order valence-corrected chi connectivity index (χ3v) is 3.99. The van der Waals surface area contributed by atoms with Crippen molar-refractivity contribution in [2.75, 3.05) is 13.1 Å². The zero-order valence-corrected chi connectivity index (χ0v) is 11.4. The number of likely N-dealkylation sites (tertiary alicyclic amines) is 1. The number of aliphatic hydroxyl groups is 1. The first-order chi connectivity index (χ1) is 9.63. The fourth-order valence-corrected chi connectivity index (χ4v) is 2.52. The summed E-state index contributed by atoms with van der Waals surface area (Å²) in [4.78, 5) is 25.6. The van der Waals surface area contributed by atoms with Crippen molar-refractivity contribution in [1.29, 1.82) is 0 Å². The van der Waals surface area contributed by atoms with Crippen LogP contribution in [0.3, 0.4) is 0 Å². The smallest absolute Gasteiger partial charge is 0.267 e. The lowest BCUT2D eigenvalue weighted by Crippen LogP contribution is -2.43. The van der Waals surface area contributed by atoms with Crippen molar-refractivity contribution in [3.8, 4) is 0 Å². The maximum absolute atomic E-state index is 12.2. The minimum atomic E-state index is -0.307. The maximum Gasteiger partial charge on any atom is 0.267 e. The van der Waals surface area contributed by atoms with Crippen LogP contribution in [0.5, 0.6) is 0 Å². The number of aromatic nitrogens is 2. The van der Waals surface area contributed by atoms with Crippen molar-refractivity contribution >= 4 is 5.91 Å². The van der Waals surface area contributed by atoms with Crippen molar-refractivity contribution in [1.82, 2.24) is 14.7 Å². The minimum absolute atomic E-state index is 0.00448. The lowest BCUT2D eigenvalue weighted by molar-refractivity contribution is -0.134. The molecular formula is C14H19N3O3. The highest BCUT2D eigenvalue weighted by molar-refractivity contribution is 5.76. The normalized spacial score (nSPS) is 20.1. The number of rotatable bonds is 3. The molecule has 108 valence electrons. The van der Waals surface area contributed by atoms with E-state index in [4.69, 9.17) is 0 Å². The molecule has 1 saturated heterocycles. The Morgan fingerprint density at radius 2 is 1.95 bits per heavy atom. The Labute approximate surface area is 117 Å². The number of amides is 1. The number of carbonyl (C=O) groups is 1.